The smallest absolute Gasteiger partial charge is 0.118 e. The van der Waals surface area contributed by atoms with Gasteiger partial charge in [-0.3, -0.25) is 9.97 Å². The van der Waals surface area contributed by atoms with Gasteiger partial charge in [-0.25, -0.2) is 0 Å². The van der Waals surface area contributed by atoms with Gasteiger partial charge in [0.1, 0.15) is 5.75 Å². The fraction of sp³-hybridized carbons (Fsp3) is 0.111. The van der Waals surface area contributed by atoms with Crippen LogP contribution in [0.1, 0.15) is 5.56 Å². The van der Waals surface area contributed by atoms with Crippen molar-refractivity contribution in [2.24, 2.45) is 0 Å². The lowest BCUT2D eigenvalue weighted by Crippen LogP contribution is -1.88. The van der Waals surface area contributed by atoms with Gasteiger partial charge in [0, 0.05) is 18.0 Å². The summed E-state index contributed by atoms with van der Waals surface area (Å²) in [5.41, 5.74) is 5.11. The number of rotatable bonds is 3. The molecule has 0 aliphatic rings. The quantitative estimate of drug-likeness (QED) is 0.721. The Morgan fingerprint density at radius 1 is 0.714 bits per heavy atom. The number of aryl methyl sites for hydroxylation is 1. The van der Waals surface area contributed by atoms with E-state index in [4.69, 9.17) is 4.74 Å². The monoisotopic (exact) mass is 276 g/mol. The summed E-state index contributed by atoms with van der Waals surface area (Å²) in [7, 11) is 1.67. The molecule has 0 saturated heterocycles. The molecule has 0 aliphatic heterocycles. The Balaban J connectivity index is 1.87. The lowest BCUT2D eigenvalue weighted by molar-refractivity contribution is 0.415. The Kier molecular flexibility index (Phi) is 3.65. The summed E-state index contributed by atoms with van der Waals surface area (Å²) >= 11 is 0. The normalized spacial score (nSPS) is 10.4. The number of hydrogen-bond donors (Lipinski definition) is 0. The van der Waals surface area contributed by atoms with E-state index in [-0.39, 0.29) is 0 Å². The van der Waals surface area contributed by atoms with Gasteiger partial charge in [-0.1, -0.05) is 24.3 Å². The molecule has 0 saturated carbocycles. The van der Waals surface area contributed by atoms with E-state index in [1.165, 1.54) is 0 Å². The second-order valence-corrected chi connectivity index (χ2v) is 4.88. The zero-order valence-corrected chi connectivity index (χ0v) is 12.1. The molecule has 21 heavy (non-hydrogen) atoms. The zero-order chi connectivity index (χ0) is 14.7. The molecule has 1 aromatic carbocycles. The molecule has 3 rings (SSSR count). The van der Waals surface area contributed by atoms with Crippen molar-refractivity contribution in [2.45, 2.75) is 6.92 Å². The molecule has 2 heterocycles. The van der Waals surface area contributed by atoms with Crippen molar-refractivity contribution in [3.05, 3.63) is 66.5 Å². The lowest BCUT2D eigenvalue weighted by atomic mass is 10.1. The highest BCUT2D eigenvalue weighted by molar-refractivity contribution is 5.66. The second kappa shape index (κ2) is 5.75. The maximum Gasteiger partial charge on any atom is 0.118 e. The molecule has 2 aromatic heterocycles. The number of nitrogens with zero attached hydrogens (tertiary/aromatic N) is 2. The molecular weight excluding hydrogens is 260 g/mol. The van der Waals surface area contributed by atoms with Crippen LogP contribution in [-0.4, -0.2) is 17.1 Å². The van der Waals surface area contributed by atoms with Crippen LogP contribution in [-0.2, 0) is 0 Å². The number of hydrogen-bond acceptors (Lipinski definition) is 3. The third-order valence-electron chi connectivity index (χ3n) is 3.36. The first-order chi connectivity index (χ1) is 10.3. The average molecular weight is 276 g/mol. The summed E-state index contributed by atoms with van der Waals surface area (Å²) in [4.78, 5) is 8.90. The van der Waals surface area contributed by atoms with E-state index >= 15 is 0 Å². The van der Waals surface area contributed by atoms with Crippen LogP contribution in [0.3, 0.4) is 0 Å². The molecule has 0 fully saturated rings. The number of methoxy groups -OCH3 is 1. The van der Waals surface area contributed by atoms with Crippen LogP contribution >= 0.6 is 0 Å². The first-order valence-electron chi connectivity index (χ1n) is 6.80. The molecule has 0 unspecified atom stereocenters. The van der Waals surface area contributed by atoms with Gasteiger partial charge in [0.2, 0.25) is 0 Å². The highest BCUT2D eigenvalue weighted by atomic mass is 16.5. The van der Waals surface area contributed by atoms with Gasteiger partial charge in [0.25, 0.3) is 0 Å². The molecule has 0 spiro atoms. The zero-order valence-electron chi connectivity index (χ0n) is 12.1. The minimum absolute atomic E-state index is 0.854. The molecule has 3 heteroatoms. The molecule has 3 aromatic rings. The predicted octanol–water partition coefficient (Wildman–Crippen LogP) is 4.13. The Hall–Kier alpha value is -2.68. The van der Waals surface area contributed by atoms with Crippen LogP contribution in [0.4, 0.5) is 0 Å². The van der Waals surface area contributed by atoms with E-state index in [0.29, 0.717) is 0 Å². The maximum atomic E-state index is 5.17. The highest BCUT2D eigenvalue weighted by Crippen LogP contribution is 2.23. The summed E-state index contributed by atoms with van der Waals surface area (Å²) in [6.45, 7) is 2.02. The van der Waals surface area contributed by atoms with Crippen LogP contribution in [0.15, 0.2) is 60.9 Å². The molecule has 0 radical (unpaired) electrons. The van der Waals surface area contributed by atoms with Crippen molar-refractivity contribution < 1.29 is 4.74 Å². The van der Waals surface area contributed by atoms with E-state index in [0.717, 1.165) is 33.8 Å². The highest BCUT2D eigenvalue weighted by Gasteiger charge is 2.03. The minimum atomic E-state index is 0.854. The van der Waals surface area contributed by atoms with Crippen molar-refractivity contribution in [1.29, 1.82) is 0 Å². The molecule has 0 amide bonds. The molecule has 0 aliphatic carbocycles. The summed E-state index contributed by atoms with van der Waals surface area (Å²) in [5.74, 6) is 0.854. The van der Waals surface area contributed by atoms with Crippen molar-refractivity contribution in [2.75, 3.05) is 7.11 Å². The summed E-state index contributed by atoms with van der Waals surface area (Å²) < 4.78 is 5.17. The van der Waals surface area contributed by atoms with Crippen molar-refractivity contribution >= 4 is 0 Å². The molecule has 104 valence electrons. The topological polar surface area (TPSA) is 35.0 Å². The van der Waals surface area contributed by atoms with Crippen LogP contribution in [0.5, 0.6) is 5.75 Å². The standard InChI is InChI=1S/C18H16N2O/c1-13-3-9-17(19-11-13)18-10-6-15(12-20-18)14-4-7-16(21-2)8-5-14/h3-12H,1-2H3. The van der Waals surface area contributed by atoms with Gasteiger partial charge in [-0.05, 0) is 42.3 Å². The van der Waals surface area contributed by atoms with E-state index in [1.54, 1.807) is 7.11 Å². The number of benzene rings is 1. The molecule has 0 atom stereocenters. The molecular formula is C18H16N2O. The SMILES string of the molecule is COc1ccc(-c2ccc(-c3ccc(C)cn3)nc2)cc1. The third kappa shape index (κ3) is 2.92. The number of aromatic nitrogens is 2. The van der Waals surface area contributed by atoms with Crippen LogP contribution in [0.25, 0.3) is 22.5 Å². The fourth-order valence-electron chi connectivity index (χ4n) is 2.12. The van der Waals surface area contributed by atoms with Crippen molar-refractivity contribution in [3.8, 4) is 28.3 Å². The Labute approximate surface area is 124 Å². The first-order valence-corrected chi connectivity index (χ1v) is 6.80. The van der Waals surface area contributed by atoms with Crippen LogP contribution in [0.2, 0.25) is 0 Å². The summed E-state index contributed by atoms with van der Waals surface area (Å²) in [6, 6.07) is 16.0. The molecule has 0 bridgehead atoms. The van der Waals surface area contributed by atoms with Crippen LogP contribution in [0, 0.1) is 6.92 Å². The van der Waals surface area contributed by atoms with Crippen molar-refractivity contribution in [3.63, 3.8) is 0 Å². The van der Waals surface area contributed by atoms with Gasteiger partial charge < -0.3 is 4.74 Å². The van der Waals surface area contributed by atoms with E-state index in [9.17, 15) is 0 Å². The number of ether oxygens (including phenoxy) is 1. The predicted molar refractivity (Wildman–Crippen MR) is 84.2 cm³/mol. The molecule has 0 N–H and O–H groups in total. The Bertz CT molecular complexity index is 717. The molecule has 3 nitrogen and oxygen atoms in total. The van der Waals surface area contributed by atoms with Gasteiger partial charge in [-0.2, -0.15) is 0 Å². The summed E-state index contributed by atoms with van der Waals surface area (Å²) in [5, 5.41) is 0. The minimum Gasteiger partial charge on any atom is -0.497 e. The van der Waals surface area contributed by atoms with Gasteiger partial charge >= 0.3 is 0 Å². The first kappa shape index (κ1) is 13.3. The largest absolute Gasteiger partial charge is 0.497 e. The summed E-state index contributed by atoms with van der Waals surface area (Å²) in [6.07, 6.45) is 3.73. The maximum absolute atomic E-state index is 5.17. The second-order valence-electron chi connectivity index (χ2n) is 4.88. The van der Waals surface area contributed by atoms with Crippen molar-refractivity contribution in [1.82, 2.24) is 9.97 Å². The Morgan fingerprint density at radius 3 is 1.86 bits per heavy atom. The van der Waals surface area contributed by atoms with E-state index in [2.05, 4.69) is 16.0 Å². The average Bonchev–Trinajstić information content (AvgIpc) is 2.56. The number of pyridine rings is 2. The van der Waals surface area contributed by atoms with E-state index < -0.39 is 0 Å². The Morgan fingerprint density at radius 2 is 1.33 bits per heavy atom. The fourth-order valence-corrected chi connectivity index (χ4v) is 2.12. The van der Waals surface area contributed by atoms with E-state index in [1.807, 2.05) is 61.8 Å². The van der Waals surface area contributed by atoms with Crippen LogP contribution < -0.4 is 4.74 Å². The van der Waals surface area contributed by atoms with Gasteiger partial charge in [0.15, 0.2) is 0 Å². The van der Waals surface area contributed by atoms with Gasteiger partial charge in [-0.15, -0.1) is 0 Å². The lowest BCUT2D eigenvalue weighted by Gasteiger charge is -2.05. The third-order valence-corrected chi connectivity index (χ3v) is 3.36. The van der Waals surface area contributed by atoms with Gasteiger partial charge in [0.05, 0.1) is 18.5 Å².